The van der Waals surface area contributed by atoms with Crippen LogP contribution in [0.1, 0.15) is 37.0 Å². The second-order valence-corrected chi connectivity index (χ2v) is 6.70. The molecule has 1 aromatic heterocycles. The van der Waals surface area contributed by atoms with Crippen molar-refractivity contribution in [1.29, 1.82) is 0 Å². The molecule has 3 rings (SSSR count). The summed E-state index contributed by atoms with van der Waals surface area (Å²) >= 11 is 5.90. The van der Waals surface area contributed by atoms with Crippen LogP contribution in [0.25, 0.3) is 10.9 Å². The van der Waals surface area contributed by atoms with Gasteiger partial charge in [0.25, 0.3) is 11.6 Å². The van der Waals surface area contributed by atoms with Gasteiger partial charge in [-0.3, -0.25) is 14.9 Å². The molecule has 140 valence electrons. The Morgan fingerprint density at radius 3 is 2.59 bits per heavy atom. The molecule has 1 amide bonds. The van der Waals surface area contributed by atoms with Gasteiger partial charge in [-0.15, -0.1) is 0 Å². The first-order valence-corrected chi connectivity index (χ1v) is 9.19. The van der Waals surface area contributed by atoms with Crippen molar-refractivity contribution < 1.29 is 9.72 Å². The summed E-state index contributed by atoms with van der Waals surface area (Å²) in [6.45, 7) is 4.04. The summed E-state index contributed by atoms with van der Waals surface area (Å²) in [5.74, 6) is -0.284. The molecule has 0 unspecified atom stereocenters. The summed E-state index contributed by atoms with van der Waals surface area (Å²) in [7, 11) is 0. The number of rotatable bonds is 6. The van der Waals surface area contributed by atoms with Gasteiger partial charge in [0, 0.05) is 34.8 Å². The van der Waals surface area contributed by atoms with E-state index < -0.39 is 4.92 Å². The average molecular weight is 386 g/mol. The lowest BCUT2D eigenvalue weighted by Gasteiger charge is -2.30. The van der Waals surface area contributed by atoms with Gasteiger partial charge in [-0.2, -0.15) is 0 Å². The molecule has 2 aromatic carbocycles. The normalized spacial score (nSPS) is 11.1. The Morgan fingerprint density at radius 1 is 1.22 bits per heavy atom. The van der Waals surface area contributed by atoms with Crippen molar-refractivity contribution in [2.45, 2.75) is 32.7 Å². The molecule has 0 atom stereocenters. The lowest BCUT2D eigenvalue weighted by molar-refractivity contribution is -0.384. The second-order valence-electron chi connectivity index (χ2n) is 6.29. The monoisotopic (exact) mass is 385 g/mol. The SMILES string of the molecule is CCC(CC)N(C(=O)c1ccc(Cl)c([N+](=O)[O-])c1)c1c[nH]c2ccccc12. The van der Waals surface area contributed by atoms with Crippen molar-refractivity contribution >= 4 is 39.8 Å². The number of para-hydroxylation sites is 1. The van der Waals surface area contributed by atoms with Crippen molar-refractivity contribution in [3.8, 4) is 0 Å². The maximum atomic E-state index is 13.4. The standard InChI is InChI=1S/C20H20ClN3O3/c1-3-14(4-2)23(19-12-22-17-8-6-5-7-15(17)19)20(25)13-9-10-16(21)18(11-13)24(26)27/h5-12,14,22H,3-4H2,1-2H3. The predicted molar refractivity (Wildman–Crippen MR) is 108 cm³/mol. The second kappa shape index (κ2) is 7.80. The number of halogens is 1. The number of aromatic nitrogens is 1. The third-order valence-corrected chi connectivity index (χ3v) is 5.06. The number of nitro benzene ring substituents is 1. The largest absolute Gasteiger partial charge is 0.359 e. The molecule has 7 heteroatoms. The topological polar surface area (TPSA) is 79.2 Å². The van der Waals surface area contributed by atoms with Crippen LogP contribution in [-0.4, -0.2) is 21.9 Å². The lowest BCUT2D eigenvalue weighted by Crippen LogP contribution is -2.40. The number of nitrogens with zero attached hydrogens (tertiary/aromatic N) is 2. The number of hydrogen-bond donors (Lipinski definition) is 1. The molecular weight excluding hydrogens is 366 g/mol. The predicted octanol–water partition coefficient (Wildman–Crippen LogP) is 5.56. The molecule has 6 nitrogen and oxygen atoms in total. The van der Waals surface area contributed by atoms with E-state index in [2.05, 4.69) is 4.98 Å². The quantitative estimate of drug-likeness (QED) is 0.445. The summed E-state index contributed by atoms with van der Waals surface area (Å²) in [5.41, 5.74) is 1.66. The molecule has 0 saturated heterocycles. The fraction of sp³-hybridized carbons (Fsp3) is 0.250. The number of carbonyl (C=O) groups is 1. The molecule has 0 radical (unpaired) electrons. The first kappa shape index (κ1) is 18.9. The fourth-order valence-electron chi connectivity index (χ4n) is 3.31. The maximum Gasteiger partial charge on any atom is 0.288 e. The van der Waals surface area contributed by atoms with E-state index in [0.29, 0.717) is 0 Å². The highest BCUT2D eigenvalue weighted by molar-refractivity contribution is 6.32. The van der Waals surface area contributed by atoms with Crippen LogP contribution in [0.2, 0.25) is 5.02 Å². The summed E-state index contributed by atoms with van der Waals surface area (Å²) in [5, 5.41) is 12.2. The summed E-state index contributed by atoms with van der Waals surface area (Å²) in [6, 6.07) is 11.9. The Bertz CT molecular complexity index is 995. The molecule has 0 aliphatic rings. The van der Waals surface area contributed by atoms with Gasteiger partial charge in [0.15, 0.2) is 0 Å². The van der Waals surface area contributed by atoms with Crippen LogP contribution >= 0.6 is 11.6 Å². The third kappa shape index (κ3) is 3.53. The van der Waals surface area contributed by atoms with Crippen LogP contribution in [0.3, 0.4) is 0 Å². The van der Waals surface area contributed by atoms with Gasteiger partial charge < -0.3 is 9.88 Å². The summed E-state index contributed by atoms with van der Waals surface area (Å²) in [4.78, 5) is 28.9. The number of H-pyrrole nitrogens is 1. The van der Waals surface area contributed by atoms with E-state index in [-0.39, 0.29) is 28.2 Å². The van der Waals surface area contributed by atoms with E-state index in [1.165, 1.54) is 18.2 Å². The van der Waals surface area contributed by atoms with E-state index in [4.69, 9.17) is 11.6 Å². The Balaban J connectivity index is 2.13. The number of carbonyl (C=O) groups excluding carboxylic acids is 1. The van der Waals surface area contributed by atoms with Crippen LogP contribution < -0.4 is 4.90 Å². The minimum atomic E-state index is -0.577. The Labute approximate surface area is 161 Å². The highest BCUT2D eigenvalue weighted by atomic mass is 35.5. The van der Waals surface area contributed by atoms with Gasteiger partial charge in [0.1, 0.15) is 5.02 Å². The number of amides is 1. The third-order valence-electron chi connectivity index (χ3n) is 4.74. The summed E-state index contributed by atoms with van der Waals surface area (Å²) < 4.78 is 0. The minimum absolute atomic E-state index is 0.0118. The maximum absolute atomic E-state index is 13.4. The molecule has 0 aliphatic carbocycles. The van der Waals surface area contributed by atoms with Crippen LogP contribution in [0.4, 0.5) is 11.4 Å². The number of anilines is 1. The van der Waals surface area contributed by atoms with E-state index in [1.54, 1.807) is 4.90 Å². The highest BCUT2D eigenvalue weighted by Crippen LogP contribution is 2.32. The van der Waals surface area contributed by atoms with Crippen molar-refractivity contribution in [3.05, 3.63) is 69.4 Å². The van der Waals surface area contributed by atoms with E-state index in [0.717, 1.165) is 29.4 Å². The molecule has 27 heavy (non-hydrogen) atoms. The number of hydrogen-bond acceptors (Lipinski definition) is 3. The first-order chi connectivity index (χ1) is 13.0. The molecule has 1 N–H and O–H groups in total. The van der Waals surface area contributed by atoms with Gasteiger partial charge >= 0.3 is 0 Å². The van der Waals surface area contributed by atoms with Gasteiger partial charge in [-0.25, -0.2) is 0 Å². The summed E-state index contributed by atoms with van der Waals surface area (Å²) in [6.07, 6.45) is 3.33. The van der Waals surface area contributed by atoms with Gasteiger partial charge in [0.05, 0.1) is 10.6 Å². The first-order valence-electron chi connectivity index (χ1n) is 8.81. The number of nitro groups is 1. The van der Waals surface area contributed by atoms with Crippen molar-refractivity contribution in [3.63, 3.8) is 0 Å². The lowest BCUT2D eigenvalue weighted by atomic mass is 10.1. The Kier molecular flexibility index (Phi) is 5.46. The molecule has 1 heterocycles. The van der Waals surface area contributed by atoms with E-state index in [1.807, 2.05) is 44.3 Å². The van der Waals surface area contributed by atoms with Crippen molar-refractivity contribution in [2.75, 3.05) is 4.90 Å². The van der Waals surface area contributed by atoms with Gasteiger partial charge in [-0.05, 0) is 31.0 Å². The number of benzene rings is 2. The van der Waals surface area contributed by atoms with Crippen LogP contribution in [-0.2, 0) is 0 Å². The highest BCUT2D eigenvalue weighted by Gasteiger charge is 2.28. The van der Waals surface area contributed by atoms with Gasteiger partial charge in [-0.1, -0.05) is 43.6 Å². The number of aromatic amines is 1. The molecule has 0 aliphatic heterocycles. The van der Waals surface area contributed by atoms with E-state index >= 15 is 0 Å². The Hall–Kier alpha value is -2.86. The van der Waals surface area contributed by atoms with Crippen LogP contribution in [0.15, 0.2) is 48.7 Å². The average Bonchev–Trinajstić information content (AvgIpc) is 3.09. The minimum Gasteiger partial charge on any atom is -0.359 e. The molecule has 3 aromatic rings. The zero-order chi connectivity index (χ0) is 19.6. The van der Waals surface area contributed by atoms with Crippen molar-refractivity contribution in [2.24, 2.45) is 0 Å². The molecule has 0 bridgehead atoms. The number of nitrogens with one attached hydrogen (secondary N) is 1. The Morgan fingerprint density at radius 2 is 1.93 bits per heavy atom. The zero-order valence-corrected chi connectivity index (χ0v) is 15.9. The molecule has 0 saturated carbocycles. The smallest absolute Gasteiger partial charge is 0.288 e. The van der Waals surface area contributed by atoms with E-state index in [9.17, 15) is 14.9 Å². The fourth-order valence-corrected chi connectivity index (χ4v) is 3.49. The van der Waals surface area contributed by atoms with Crippen LogP contribution in [0.5, 0.6) is 0 Å². The number of fused-ring (bicyclic) bond motifs is 1. The zero-order valence-electron chi connectivity index (χ0n) is 15.1. The molecular formula is C20H20ClN3O3. The molecule has 0 fully saturated rings. The van der Waals surface area contributed by atoms with Gasteiger partial charge in [0.2, 0.25) is 0 Å². The molecule has 0 spiro atoms. The van der Waals surface area contributed by atoms with Crippen LogP contribution in [0, 0.1) is 10.1 Å². The van der Waals surface area contributed by atoms with Crippen molar-refractivity contribution in [1.82, 2.24) is 4.98 Å².